The van der Waals surface area contributed by atoms with Crippen molar-refractivity contribution in [2.24, 2.45) is 5.41 Å². The Morgan fingerprint density at radius 2 is 2.33 bits per heavy atom. The fourth-order valence-electron chi connectivity index (χ4n) is 2.14. The minimum absolute atomic E-state index is 0.559. The Kier molecular flexibility index (Phi) is 4.33. The SMILES string of the molecule is CCCCC(O)C1(C(=O)O)C=CCCC1. The smallest absolute Gasteiger partial charge is 0.316 e. The van der Waals surface area contributed by atoms with Gasteiger partial charge in [0.2, 0.25) is 0 Å². The number of carboxylic acids is 1. The summed E-state index contributed by atoms with van der Waals surface area (Å²) in [5, 5.41) is 19.2. The van der Waals surface area contributed by atoms with E-state index in [2.05, 4.69) is 0 Å². The average molecular weight is 212 g/mol. The second kappa shape index (κ2) is 5.31. The first-order valence-electron chi connectivity index (χ1n) is 5.72. The van der Waals surface area contributed by atoms with Crippen LogP contribution in [0.1, 0.15) is 45.4 Å². The number of rotatable bonds is 5. The maximum atomic E-state index is 11.3. The summed E-state index contributed by atoms with van der Waals surface area (Å²) in [5.41, 5.74) is -1.02. The van der Waals surface area contributed by atoms with Crippen LogP contribution >= 0.6 is 0 Å². The molecule has 3 nitrogen and oxygen atoms in total. The Morgan fingerprint density at radius 3 is 2.80 bits per heavy atom. The van der Waals surface area contributed by atoms with Gasteiger partial charge in [0.05, 0.1) is 6.10 Å². The lowest BCUT2D eigenvalue weighted by Gasteiger charge is -2.33. The highest BCUT2D eigenvalue weighted by atomic mass is 16.4. The summed E-state index contributed by atoms with van der Waals surface area (Å²) in [6.45, 7) is 2.04. The number of aliphatic hydroxyl groups is 1. The van der Waals surface area contributed by atoms with Gasteiger partial charge in [-0.05, 0) is 25.7 Å². The molecule has 0 bridgehead atoms. The van der Waals surface area contributed by atoms with Gasteiger partial charge in [-0.25, -0.2) is 0 Å². The highest BCUT2D eigenvalue weighted by molar-refractivity contribution is 5.78. The summed E-state index contributed by atoms with van der Waals surface area (Å²) >= 11 is 0. The van der Waals surface area contributed by atoms with Gasteiger partial charge < -0.3 is 10.2 Å². The number of allylic oxidation sites excluding steroid dienone is 1. The summed E-state index contributed by atoms with van der Waals surface area (Å²) in [5.74, 6) is -0.887. The normalized spacial score (nSPS) is 27.6. The third-order valence-electron chi connectivity index (χ3n) is 3.20. The van der Waals surface area contributed by atoms with Crippen LogP contribution in [0.5, 0.6) is 0 Å². The zero-order chi connectivity index (χ0) is 11.3. The van der Waals surface area contributed by atoms with Crippen LogP contribution in [0.4, 0.5) is 0 Å². The molecule has 0 aliphatic heterocycles. The van der Waals surface area contributed by atoms with Gasteiger partial charge in [0, 0.05) is 0 Å². The van der Waals surface area contributed by atoms with E-state index in [0.717, 1.165) is 25.7 Å². The molecule has 2 N–H and O–H groups in total. The number of hydrogen-bond donors (Lipinski definition) is 2. The lowest BCUT2D eigenvalue weighted by molar-refractivity contribution is -0.153. The molecule has 0 aromatic rings. The summed E-state index contributed by atoms with van der Waals surface area (Å²) in [6, 6.07) is 0. The second-order valence-corrected chi connectivity index (χ2v) is 4.30. The van der Waals surface area contributed by atoms with E-state index in [-0.39, 0.29) is 0 Å². The Balaban J connectivity index is 2.76. The van der Waals surface area contributed by atoms with Crippen molar-refractivity contribution < 1.29 is 15.0 Å². The van der Waals surface area contributed by atoms with E-state index < -0.39 is 17.5 Å². The molecule has 15 heavy (non-hydrogen) atoms. The first-order valence-corrected chi connectivity index (χ1v) is 5.72. The standard InChI is InChI=1S/C12H20O3/c1-2-3-7-10(13)12(11(14)15)8-5-4-6-9-12/h5,8,10,13H,2-4,6-7,9H2,1H3,(H,14,15). The van der Waals surface area contributed by atoms with Crippen LogP contribution in [0, 0.1) is 5.41 Å². The van der Waals surface area contributed by atoms with Gasteiger partial charge in [0.25, 0.3) is 0 Å². The number of carboxylic acid groups (broad SMARTS) is 1. The molecule has 0 aromatic carbocycles. The van der Waals surface area contributed by atoms with Crippen molar-refractivity contribution in [3.8, 4) is 0 Å². The third-order valence-corrected chi connectivity index (χ3v) is 3.20. The van der Waals surface area contributed by atoms with Crippen LogP contribution < -0.4 is 0 Å². The Hall–Kier alpha value is -0.830. The van der Waals surface area contributed by atoms with Gasteiger partial charge >= 0.3 is 5.97 Å². The third kappa shape index (κ3) is 2.59. The monoisotopic (exact) mass is 212 g/mol. The van der Waals surface area contributed by atoms with E-state index in [1.165, 1.54) is 0 Å². The molecule has 0 amide bonds. The minimum atomic E-state index is -1.02. The average Bonchev–Trinajstić information content (AvgIpc) is 2.26. The first kappa shape index (κ1) is 12.2. The Bertz CT molecular complexity index is 247. The zero-order valence-corrected chi connectivity index (χ0v) is 9.28. The molecule has 1 aliphatic rings. The summed E-state index contributed by atoms with van der Waals surface area (Å²) in [4.78, 5) is 11.3. The second-order valence-electron chi connectivity index (χ2n) is 4.30. The number of aliphatic carboxylic acids is 1. The molecule has 86 valence electrons. The van der Waals surface area contributed by atoms with Crippen LogP contribution in [0.3, 0.4) is 0 Å². The number of unbranched alkanes of at least 4 members (excludes halogenated alkanes) is 1. The van der Waals surface area contributed by atoms with Gasteiger partial charge in [0.1, 0.15) is 5.41 Å². The molecule has 2 atom stereocenters. The summed E-state index contributed by atoms with van der Waals surface area (Å²) < 4.78 is 0. The first-order chi connectivity index (χ1) is 7.13. The maximum absolute atomic E-state index is 11.3. The molecule has 2 unspecified atom stereocenters. The largest absolute Gasteiger partial charge is 0.481 e. The van der Waals surface area contributed by atoms with Crippen LogP contribution in [-0.4, -0.2) is 22.3 Å². The highest BCUT2D eigenvalue weighted by Crippen LogP contribution is 2.36. The molecule has 0 saturated carbocycles. The van der Waals surface area contributed by atoms with Gasteiger partial charge in [-0.1, -0.05) is 31.9 Å². The number of aliphatic hydroxyl groups excluding tert-OH is 1. The fourth-order valence-corrected chi connectivity index (χ4v) is 2.14. The molecular weight excluding hydrogens is 192 g/mol. The lowest BCUT2D eigenvalue weighted by atomic mass is 9.73. The van der Waals surface area contributed by atoms with Crippen molar-refractivity contribution in [3.63, 3.8) is 0 Å². The summed E-state index contributed by atoms with van der Waals surface area (Å²) in [7, 11) is 0. The predicted octanol–water partition coefficient (Wildman–Crippen LogP) is 2.35. The molecule has 0 radical (unpaired) electrons. The van der Waals surface area contributed by atoms with Crippen LogP contribution in [0.15, 0.2) is 12.2 Å². The van der Waals surface area contributed by atoms with Crippen molar-refractivity contribution in [2.75, 3.05) is 0 Å². The van der Waals surface area contributed by atoms with Gasteiger partial charge in [-0.2, -0.15) is 0 Å². The predicted molar refractivity (Wildman–Crippen MR) is 58.6 cm³/mol. The van der Waals surface area contributed by atoms with Crippen LogP contribution in [0.25, 0.3) is 0 Å². The molecular formula is C12H20O3. The van der Waals surface area contributed by atoms with Crippen LogP contribution in [-0.2, 0) is 4.79 Å². The number of carbonyl (C=O) groups is 1. The molecule has 0 fully saturated rings. The van der Waals surface area contributed by atoms with Gasteiger partial charge in [0.15, 0.2) is 0 Å². The van der Waals surface area contributed by atoms with Crippen LogP contribution in [0.2, 0.25) is 0 Å². The van der Waals surface area contributed by atoms with Crippen molar-refractivity contribution in [2.45, 2.75) is 51.6 Å². The molecule has 0 heterocycles. The quantitative estimate of drug-likeness (QED) is 0.688. The van der Waals surface area contributed by atoms with E-state index in [1.54, 1.807) is 6.08 Å². The molecule has 3 heteroatoms. The van der Waals surface area contributed by atoms with E-state index >= 15 is 0 Å². The molecule has 0 spiro atoms. The van der Waals surface area contributed by atoms with Crippen molar-refractivity contribution in [1.29, 1.82) is 0 Å². The van der Waals surface area contributed by atoms with Crippen molar-refractivity contribution in [1.82, 2.24) is 0 Å². The Morgan fingerprint density at radius 1 is 1.60 bits per heavy atom. The summed E-state index contributed by atoms with van der Waals surface area (Å²) in [6.07, 6.45) is 7.61. The zero-order valence-electron chi connectivity index (χ0n) is 9.28. The van der Waals surface area contributed by atoms with Crippen molar-refractivity contribution in [3.05, 3.63) is 12.2 Å². The molecule has 1 aliphatic carbocycles. The number of hydrogen-bond acceptors (Lipinski definition) is 2. The molecule has 1 rings (SSSR count). The van der Waals surface area contributed by atoms with Gasteiger partial charge in [-0.3, -0.25) is 4.79 Å². The molecule has 0 aromatic heterocycles. The van der Waals surface area contributed by atoms with E-state index in [9.17, 15) is 15.0 Å². The fraction of sp³-hybridized carbons (Fsp3) is 0.750. The maximum Gasteiger partial charge on any atom is 0.316 e. The lowest BCUT2D eigenvalue weighted by Crippen LogP contribution is -2.42. The van der Waals surface area contributed by atoms with E-state index in [0.29, 0.717) is 12.8 Å². The minimum Gasteiger partial charge on any atom is -0.481 e. The Labute approximate surface area is 90.8 Å². The highest BCUT2D eigenvalue weighted by Gasteiger charge is 2.43. The van der Waals surface area contributed by atoms with Crippen molar-refractivity contribution >= 4 is 5.97 Å². The molecule has 0 saturated heterocycles. The van der Waals surface area contributed by atoms with Gasteiger partial charge in [-0.15, -0.1) is 0 Å². The topological polar surface area (TPSA) is 57.5 Å². The van der Waals surface area contributed by atoms with E-state index in [4.69, 9.17) is 0 Å². The van der Waals surface area contributed by atoms with E-state index in [1.807, 2.05) is 13.0 Å².